The molecule has 0 radical (unpaired) electrons. The molecule has 0 amide bonds. The summed E-state index contributed by atoms with van der Waals surface area (Å²) in [5.74, 6) is 0. The fraction of sp³-hybridized carbons (Fsp3) is 0.417. The molecule has 0 aliphatic carbocycles. The van der Waals surface area contributed by atoms with Crippen LogP contribution in [0.3, 0.4) is 0 Å². The van der Waals surface area contributed by atoms with Crippen molar-refractivity contribution in [3.63, 3.8) is 0 Å². The largest absolute Gasteiger partial charge is 0.417 e. The molecule has 3 heterocycles. The van der Waals surface area contributed by atoms with Gasteiger partial charge in [0, 0.05) is 38.8 Å². The van der Waals surface area contributed by atoms with Crippen molar-refractivity contribution in [1.82, 2.24) is 9.88 Å². The quantitative estimate of drug-likeness (QED) is 0.199. The molecule has 208 valence electrons. The number of benzene rings is 2. The van der Waals surface area contributed by atoms with E-state index in [1.54, 1.807) is 11.0 Å². The molecule has 2 saturated heterocycles. The van der Waals surface area contributed by atoms with E-state index in [2.05, 4.69) is 4.98 Å². The fourth-order valence-corrected chi connectivity index (χ4v) is 6.57. The number of fused-ring (bicyclic) bond motifs is 1. The number of hydrogen-bond donors (Lipinski definition) is 0. The van der Waals surface area contributed by atoms with Crippen molar-refractivity contribution >= 4 is 43.8 Å². The van der Waals surface area contributed by atoms with Gasteiger partial charge in [-0.25, -0.2) is 0 Å². The molecule has 2 aliphatic heterocycles. The first kappa shape index (κ1) is 27.6. The van der Waals surface area contributed by atoms with Crippen molar-refractivity contribution in [2.45, 2.75) is 31.7 Å². The minimum absolute atomic E-state index is 0.0643. The van der Waals surface area contributed by atoms with Crippen LogP contribution in [0.5, 0.6) is 0 Å². The molecular weight excluding hydrogens is 574 g/mol. The summed E-state index contributed by atoms with van der Waals surface area (Å²) in [6.45, 7) is 2.60. The Kier molecular flexibility index (Phi) is 6.79. The van der Waals surface area contributed by atoms with Crippen molar-refractivity contribution in [3.05, 3.63) is 72.5 Å². The van der Waals surface area contributed by atoms with Crippen LogP contribution < -0.4 is 10.5 Å². The molecule has 0 saturated carbocycles. The summed E-state index contributed by atoms with van der Waals surface area (Å²) in [4.78, 5) is 30.9. The minimum Gasteiger partial charge on any atom is -0.348 e. The summed E-state index contributed by atoms with van der Waals surface area (Å²) in [5.41, 5.74) is -3.50. The van der Waals surface area contributed by atoms with Crippen LogP contribution in [0.4, 0.5) is 37.2 Å². The predicted molar refractivity (Wildman–Crippen MR) is 133 cm³/mol. The van der Waals surface area contributed by atoms with E-state index < -0.39 is 45.0 Å². The first-order valence-corrected chi connectivity index (χ1v) is 12.9. The van der Waals surface area contributed by atoms with Crippen molar-refractivity contribution in [2.75, 3.05) is 31.1 Å². The summed E-state index contributed by atoms with van der Waals surface area (Å²) in [6, 6.07) is 4.87. The molecule has 39 heavy (non-hydrogen) atoms. The molecule has 0 bridgehead atoms. The average molecular weight is 593 g/mol. The van der Waals surface area contributed by atoms with E-state index >= 15 is 0 Å². The molecule has 0 atom stereocenters. The molecule has 2 aromatic carbocycles. The third-order valence-electron chi connectivity index (χ3n) is 7.17. The SMILES string of the molecule is O=c1nc(N2CCC3(CC2)CN(Cc2ccc(Cl)c(C(F)(F)F)c2)C3)sc2c([N+](=O)[O-])cc(C(F)(F)F)cc12. The topological polar surface area (TPSA) is 79.6 Å². The van der Waals surface area contributed by atoms with Gasteiger partial charge < -0.3 is 4.90 Å². The number of alkyl halides is 6. The normalized spacial score (nSPS) is 18.0. The molecular formula is C24H19ClF6N4O3S. The number of rotatable bonds is 4. The lowest BCUT2D eigenvalue weighted by Crippen LogP contribution is -2.59. The highest BCUT2D eigenvalue weighted by Gasteiger charge is 2.45. The molecule has 3 aromatic rings. The number of nitro benzene ring substituents is 1. The number of nitro groups is 1. The Bertz CT molecular complexity index is 1510. The number of hydrogen-bond acceptors (Lipinski definition) is 7. The van der Waals surface area contributed by atoms with Gasteiger partial charge in [0.05, 0.1) is 26.5 Å². The summed E-state index contributed by atoms with van der Waals surface area (Å²) in [5, 5.41) is 10.9. The maximum absolute atomic E-state index is 13.2. The molecule has 2 fully saturated rings. The van der Waals surface area contributed by atoms with Gasteiger partial charge in [0.2, 0.25) is 0 Å². The summed E-state index contributed by atoms with van der Waals surface area (Å²) in [7, 11) is 0. The van der Waals surface area contributed by atoms with Gasteiger partial charge in [0.1, 0.15) is 4.70 Å². The number of non-ortho nitro benzene ring substituents is 1. The summed E-state index contributed by atoms with van der Waals surface area (Å²) >= 11 is 6.50. The van der Waals surface area contributed by atoms with Gasteiger partial charge in [-0.3, -0.25) is 19.8 Å². The van der Waals surface area contributed by atoms with Gasteiger partial charge in [0.15, 0.2) is 5.13 Å². The molecule has 1 spiro atoms. The minimum atomic E-state index is -4.86. The van der Waals surface area contributed by atoms with Crippen LogP contribution in [-0.2, 0) is 18.9 Å². The van der Waals surface area contributed by atoms with Gasteiger partial charge in [0.25, 0.3) is 11.2 Å². The van der Waals surface area contributed by atoms with Gasteiger partial charge in [-0.2, -0.15) is 31.3 Å². The Balaban J connectivity index is 1.28. The van der Waals surface area contributed by atoms with Gasteiger partial charge in [-0.05, 0) is 42.0 Å². The number of likely N-dealkylation sites (tertiary alicyclic amines) is 1. The van der Waals surface area contributed by atoms with E-state index in [-0.39, 0.29) is 20.3 Å². The predicted octanol–water partition coefficient (Wildman–Crippen LogP) is 6.36. The Hall–Kier alpha value is -2.97. The van der Waals surface area contributed by atoms with Gasteiger partial charge in [-0.1, -0.05) is 29.0 Å². The summed E-state index contributed by atoms with van der Waals surface area (Å²) < 4.78 is 78.9. The highest BCUT2D eigenvalue weighted by molar-refractivity contribution is 7.22. The molecule has 0 unspecified atom stereocenters. The molecule has 0 N–H and O–H groups in total. The van der Waals surface area contributed by atoms with Crippen molar-refractivity contribution < 1.29 is 31.3 Å². The Morgan fingerprint density at radius 3 is 2.31 bits per heavy atom. The zero-order valence-electron chi connectivity index (χ0n) is 19.9. The molecule has 1 aromatic heterocycles. The molecule has 5 rings (SSSR count). The second-order valence-corrected chi connectivity index (χ2v) is 11.3. The molecule has 2 aliphatic rings. The maximum atomic E-state index is 13.2. The van der Waals surface area contributed by atoms with Gasteiger partial charge in [-0.15, -0.1) is 0 Å². The Morgan fingerprint density at radius 2 is 1.72 bits per heavy atom. The standard InChI is InChI=1S/C24H19ClF6N4O3S/c25-17-2-1-13(7-16(17)24(29,30)31)10-33-11-22(12-33)3-5-34(6-4-22)21-32-20(36)15-8-14(23(26,27)28)9-18(35(37)38)19(15)39-21/h1-2,7-9H,3-6,10-12H2. The van der Waals surface area contributed by atoms with E-state index in [0.717, 1.165) is 17.4 Å². The van der Waals surface area contributed by atoms with Crippen LogP contribution in [0.2, 0.25) is 5.02 Å². The van der Waals surface area contributed by atoms with Crippen molar-refractivity contribution in [2.24, 2.45) is 5.41 Å². The maximum Gasteiger partial charge on any atom is 0.417 e. The lowest BCUT2D eigenvalue weighted by atomic mass is 9.72. The van der Waals surface area contributed by atoms with Crippen LogP contribution in [0.1, 0.15) is 29.5 Å². The van der Waals surface area contributed by atoms with Crippen molar-refractivity contribution in [3.8, 4) is 0 Å². The van der Waals surface area contributed by atoms with Crippen LogP contribution in [0.25, 0.3) is 10.1 Å². The van der Waals surface area contributed by atoms with E-state index in [1.165, 1.54) is 6.07 Å². The number of halogens is 7. The average Bonchev–Trinajstić information content (AvgIpc) is 2.82. The smallest absolute Gasteiger partial charge is 0.348 e. The first-order chi connectivity index (χ1) is 18.1. The Morgan fingerprint density at radius 1 is 1.05 bits per heavy atom. The zero-order chi connectivity index (χ0) is 28.3. The fourth-order valence-electron chi connectivity index (χ4n) is 5.22. The van der Waals surface area contributed by atoms with Crippen LogP contribution in [-0.4, -0.2) is 41.0 Å². The lowest BCUT2D eigenvalue weighted by molar-refractivity contribution is -0.383. The monoisotopic (exact) mass is 592 g/mol. The van der Waals surface area contributed by atoms with Crippen LogP contribution >= 0.6 is 22.9 Å². The lowest BCUT2D eigenvalue weighted by Gasteiger charge is -2.54. The third-order valence-corrected chi connectivity index (χ3v) is 8.66. The highest BCUT2D eigenvalue weighted by atomic mass is 35.5. The summed E-state index contributed by atoms with van der Waals surface area (Å²) in [6.07, 6.45) is -8.03. The second kappa shape index (κ2) is 9.59. The number of aromatic nitrogens is 1. The third kappa shape index (κ3) is 5.41. The number of piperidine rings is 1. The Labute approximate surface area is 225 Å². The number of anilines is 1. The van der Waals surface area contributed by atoms with E-state index in [4.69, 9.17) is 11.6 Å². The second-order valence-electron chi connectivity index (χ2n) is 9.87. The molecule has 15 heteroatoms. The highest BCUT2D eigenvalue weighted by Crippen LogP contribution is 2.44. The molecule has 7 nitrogen and oxygen atoms in total. The van der Waals surface area contributed by atoms with E-state index in [9.17, 15) is 41.3 Å². The van der Waals surface area contributed by atoms with E-state index in [1.807, 2.05) is 4.90 Å². The number of nitrogens with zero attached hydrogens (tertiary/aromatic N) is 4. The van der Waals surface area contributed by atoms with Gasteiger partial charge >= 0.3 is 12.4 Å². The van der Waals surface area contributed by atoms with Crippen LogP contribution in [0.15, 0.2) is 35.1 Å². The van der Waals surface area contributed by atoms with Crippen LogP contribution in [0, 0.1) is 15.5 Å². The van der Waals surface area contributed by atoms with E-state index in [0.29, 0.717) is 63.3 Å². The van der Waals surface area contributed by atoms with Crippen molar-refractivity contribution in [1.29, 1.82) is 0 Å². The zero-order valence-corrected chi connectivity index (χ0v) is 21.5. The first-order valence-electron chi connectivity index (χ1n) is 11.7.